The Morgan fingerprint density at radius 2 is 1.97 bits per heavy atom. The van der Waals surface area contributed by atoms with Crippen molar-refractivity contribution in [3.63, 3.8) is 0 Å². The summed E-state index contributed by atoms with van der Waals surface area (Å²) in [6.45, 7) is 1.82. The van der Waals surface area contributed by atoms with Gasteiger partial charge in [-0.25, -0.2) is 14.4 Å². The molecule has 33 heavy (non-hydrogen) atoms. The van der Waals surface area contributed by atoms with Crippen molar-refractivity contribution >= 4 is 5.91 Å². The first-order valence-corrected chi connectivity index (χ1v) is 11.1. The monoisotopic (exact) mass is 448 g/mol. The quantitative estimate of drug-likeness (QED) is 0.595. The molecule has 7 heteroatoms. The highest BCUT2D eigenvalue weighted by molar-refractivity contribution is 5.83. The minimum absolute atomic E-state index is 0.0153. The second-order valence-corrected chi connectivity index (χ2v) is 8.59. The van der Waals surface area contributed by atoms with Crippen molar-refractivity contribution in [3.8, 4) is 16.9 Å². The number of methoxy groups -OCH3 is 1. The number of likely N-dealkylation sites (tertiary alicyclic amines) is 1. The SMILES string of the molecule is CNC(=O)[C@@]1(Cc2ccccc2-c2cncnc2)CCCN(Cc2ccc(OC)cc2F)C1. The third-order valence-electron chi connectivity index (χ3n) is 6.44. The number of nitrogens with zero attached hydrogens (tertiary/aromatic N) is 3. The zero-order chi connectivity index (χ0) is 23.3. The minimum Gasteiger partial charge on any atom is -0.497 e. The summed E-state index contributed by atoms with van der Waals surface area (Å²) >= 11 is 0. The number of nitrogens with one attached hydrogen (secondary N) is 1. The van der Waals surface area contributed by atoms with Gasteiger partial charge in [0.15, 0.2) is 0 Å². The average Bonchev–Trinajstić information content (AvgIpc) is 2.86. The van der Waals surface area contributed by atoms with Crippen LogP contribution in [0.25, 0.3) is 11.1 Å². The number of piperidine rings is 1. The molecule has 1 fully saturated rings. The highest BCUT2D eigenvalue weighted by Gasteiger charge is 2.42. The summed E-state index contributed by atoms with van der Waals surface area (Å²) in [5, 5.41) is 2.88. The number of aromatic nitrogens is 2. The Balaban J connectivity index is 1.61. The smallest absolute Gasteiger partial charge is 0.227 e. The number of halogens is 1. The van der Waals surface area contributed by atoms with Crippen molar-refractivity contribution in [1.82, 2.24) is 20.2 Å². The minimum atomic E-state index is -0.609. The van der Waals surface area contributed by atoms with Crippen molar-refractivity contribution in [2.24, 2.45) is 5.41 Å². The van der Waals surface area contributed by atoms with Gasteiger partial charge in [-0.05, 0) is 43.0 Å². The first-order valence-electron chi connectivity index (χ1n) is 11.1. The van der Waals surface area contributed by atoms with E-state index in [0.29, 0.717) is 30.8 Å². The molecule has 0 aliphatic carbocycles. The van der Waals surface area contributed by atoms with Crippen molar-refractivity contribution < 1.29 is 13.9 Å². The molecule has 4 rings (SSSR count). The van der Waals surface area contributed by atoms with Crippen molar-refractivity contribution in [2.75, 3.05) is 27.2 Å². The molecule has 1 aromatic heterocycles. The summed E-state index contributed by atoms with van der Waals surface area (Å²) in [5.74, 6) is 0.220. The zero-order valence-corrected chi connectivity index (χ0v) is 19.1. The maximum absolute atomic E-state index is 14.6. The molecule has 0 spiro atoms. The van der Waals surface area contributed by atoms with Gasteiger partial charge in [-0.1, -0.05) is 30.3 Å². The Kier molecular flexibility index (Phi) is 6.99. The van der Waals surface area contributed by atoms with Gasteiger partial charge >= 0.3 is 0 Å². The van der Waals surface area contributed by atoms with Crippen molar-refractivity contribution in [2.45, 2.75) is 25.8 Å². The van der Waals surface area contributed by atoms with Gasteiger partial charge in [0.05, 0.1) is 12.5 Å². The molecule has 3 aromatic rings. The largest absolute Gasteiger partial charge is 0.497 e. The normalized spacial score (nSPS) is 18.6. The number of amides is 1. The van der Waals surface area contributed by atoms with E-state index in [-0.39, 0.29) is 11.7 Å². The maximum atomic E-state index is 14.6. The average molecular weight is 449 g/mol. The molecule has 0 saturated carbocycles. The maximum Gasteiger partial charge on any atom is 0.227 e. The molecule has 1 N–H and O–H groups in total. The number of rotatable bonds is 7. The number of hydrogen-bond donors (Lipinski definition) is 1. The summed E-state index contributed by atoms with van der Waals surface area (Å²) in [6.07, 6.45) is 7.31. The van der Waals surface area contributed by atoms with E-state index in [0.717, 1.165) is 36.1 Å². The standard InChI is InChI=1S/C26H29FN4O2/c1-28-25(32)26(13-19-6-3-4-7-23(19)21-14-29-18-30-15-21)10-5-11-31(17-26)16-20-8-9-22(33-2)12-24(20)27/h3-4,6-9,12,14-15,18H,5,10-11,13,16-17H2,1-2H3,(H,28,32)/t26-/m1/s1. The van der Waals surface area contributed by atoms with Crippen molar-refractivity contribution in [1.29, 1.82) is 0 Å². The van der Waals surface area contributed by atoms with Crippen LogP contribution in [-0.4, -0.2) is 48.0 Å². The molecule has 0 unspecified atom stereocenters. The van der Waals surface area contributed by atoms with Crippen LogP contribution in [0.15, 0.2) is 61.2 Å². The molecule has 0 bridgehead atoms. The van der Waals surface area contributed by atoms with Gasteiger partial charge in [-0.2, -0.15) is 0 Å². The molecule has 1 aliphatic rings. The first kappa shape index (κ1) is 22.9. The van der Waals surface area contributed by atoms with Crippen LogP contribution in [0.1, 0.15) is 24.0 Å². The van der Waals surface area contributed by atoms with E-state index in [1.807, 2.05) is 18.2 Å². The zero-order valence-electron chi connectivity index (χ0n) is 19.1. The van der Waals surface area contributed by atoms with Gasteiger partial charge in [-0.3, -0.25) is 9.69 Å². The van der Waals surface area contributed by atoms with Crippen LogP contribution in [-0.2, 0) is 17.8 Å². The number of ether oxygens (including phenoxy) is 1. The van der Waals surface area contributed by atoms with Gasteiger partial charge in [0.25, 0.3) is 0 Å². The summed E-state index contributed by atoms with van der Waals surface area (Å²) in [6, 6.07) is 13.0. The van der Waals surface area contributed by atoms with E-state index < -0.39 is 5.41 Å². The molecule has 172 valence electrons. The molecule has 1 aliphatic heterocycles. The van der Waals surface area contributed by atoms with Crippen LogP contribution in [0.4, 0.5) is 4.39 Å². The van der Waals surface area contributed by atoms with E-state index >= 15 is 0 Å². The Bertz CT molecular complexity index is 1110. The summed E-state index contributed by atoms with van der Waals surface area (Å²) < 4.78 is 19.7. The van der Waals surface area contributed by atoms with Gasteiger partial charge in [0.2, 0.25) is 5.91 Å². The lowest BCUT2D eigenvalue weighted by molar-refractivity contribution is -0.134. The summed E-state index contributed by atoms with van der Waals surface area (Å²) in [7, 11) is 3.21. The van der Waals surface area contributed by atoms with E-state index in [9.17, 15) is 9.18 Å². The summed E-state index contributed by atoms with van der Waals surface area (Å²) in [4.78, 5) is 23.7. The number of carbonyl (C=O) groups excluding carboxylic acids is 1. The van der Waals surface area contributed by atoms with Crippen LogP contribution in [0, 0.1) is 11.2 Å². The molecule has 1 atom stereocenters. The topological polar surface area (TPSA) is 67.4 Å². The van der Waals surface area contributed by atoms with Crippen LogP contribution >= 0.6 is 0 Å². The Morgan fingerprint density at radius 3 is 2.70 bits per heavy atom. The predicted octanol–water partition coefficient (Wildman–Crippen LogP) is 3.86. The first-order chi connectivity index (χ1) is 16.0. The Labute approximate surface area is 193 Å². The molecule has 1 saturated heterocycles. The van der Waals surface area contributed by atoms with Gasteiger partial charge in [0.1, 0.15) is 17.9 Å². The number of carbonyl (C=O) groups is 1. The molecule has 0 radical (unpaired) electrons. The lowest BCUT2D eigenvalue weighted by atomic mass is 9.73. The van der Waals surface area contributed by atoms with Crippen LogP contribution in [0.3, 0.4) is 0 Å². The Hall–Kier alpha value is -3.32. The highest BCUT2D eigenvalue weighted by atomic mass is 19.1. The molecule has 2 aromatic carbocycles. The number of hydrogen-bond acceptors (Lipinski definition) is 5. The van der Waals surface area contributed by atoms with Gasteiger partial charge in [-0.15, -0.1) is 0 Å². The van der Waals surface area contributed by atoms with Crippen LogP contribution < -0.4 is 10.1 Å². The van der Waals surface area contributed by atoms with E-state index in [1.165, 1.54) is 19.5 Å². The van der Waals surface area contributed by atoms with Gasteiger partial charge < -0.3 is 10.1 Å². The lowest BCUT2D eigenvalue weighted by Crippen LogP contribution is -2.52. The molecular formula is C26H29FN4O2. The van der Waals surface area contributed by atoms with Gasteiger partial charge in [0, 0.05) is 49.7 Å². The molecule has 2 heterocycles. The predicted molar refractivity (Wildman–Crippen MR) is 125 cm³/mol. The van der Waals surface area contributed by atoms with E-state index in [1.54, 1.807) is 31.6 Å². The van der Waals surface area contributed by atoms with E-state index in [4.69, 9.17) is 4.74 Å². The Morgan fingerprint density at radius 1 is 1.18 bits per heavy atom. The molecule has 1 amide bonds. The highest BCUT2D eigenvalue weighted by Crippen LogP contribution is 2.37. The molecular weight excluding hydrogens is 419 g/mol. The van der Waals surface area contributed by atoms with Crippen molar-refractivity contribution in [3.05, 3.63) is 78.1 Å². The summed E-state index contributed by atoms with van der Waals surface area (Å²) in [5.41, 5.74) is 3.02. The van der Waals surface area contributed by atoms with Crippen LogP contribution in [0.2, 0.25) is 0 Å². The third kappa shape index (κ3) is 5.03. The molecule has 6 nitrogen and oxygen atoms in total. The lowest BCUT2D eigenvalue weighted by Gasteiger charge is -2.42. The fraction of sp³-hybridized carbons (Fsp3) is 0.346. The fourth-order valence-electron chi connectivity index (χ4n) is 4.82. The second kappa shape index (κ2) is 10.1. The van der Waals surface area contributed by atoms with Crippen LogP contribution in [0.5, 0.6) is 5.75 Å². The third-order valence-corrected chi connectivity index (χ3v) is 6.44. The number of benzene rings is 2. The van der Waals surface area contributed by atoms with E-state index in [2.05, 4.69) is 26.3 Å². The fourth-order valence-corrected chi connectivity index (χ4v) is 4.82. The second-order valence-electron chi connectivity index (χ2n) is 8.59.